The number of aliphatic hydroxyl groups is 2. The average Bonchev–Trinajstić information content (AvgIpc) is 2.99. The Morgan fingerprint density at radius 1 is 1.05 bits per heavy atom. The predicted octanol–water partition coefficient (Wildman–Crippen LogP) is 2.70. The maximum absolute atomic E-state index is 10.5. The van der Waals surface area contributed by atoms with E-state index in [2.05, 4.69) is 29.2 Å². The van der Waals surface area contributed by atoms with Gasteiger partial charge in [0, 0.05) is 19.1 Å². The molecule has 3 heteroatoms. The van der Waals surface area contributed by atoms with Crippen LogP contribution < -0.4 is 0 Å². The van der Waals surface area contributed by atoms with Crippen molar-refractivity contribution in [1.29, 1.82) is 0 Å². The third-order valence-electron chi connectivity index (χ3n) is 4.52. The van der Waals surface area contributed by atoms with Gasteiger partial charge in [-0.1, -0.05) is 54.6 Å². The first-order valence-corrected chi connectivity index (χ1v) is 7.95. The number of rotatable bonds is 6. The summed E-state index contributed by atoms with van der Waals surface area (Å²) in [6.45, 7) is 1.24. The second-order valence-electron chi connectivity index (χ2n) is 5.90. The molecule has 0 aromatic heterocycles. The Hall–Kier alpha value is -1.68. The maximum Gasteiger partial charge on any atom is 0.0917 e. The molecule has 2 aromatic carbocycles. The number of hydrogen-bond acceptors (Lipinski definition) is 3. The highest BCUT2D eigenvalue weighted by Gasteiger charge is 2.28. The van der Waals surface area contributed by atoms with Crippen molar-refractivity contribution in [3.05, 3.63) is 71.3 Å². The molecule has 3 rings (SSSR count). The number of aryl methyl sites for hydroxylation is 1. The number of hydrogen-bond donors (Lipinski definition) is 2. The van der Waals surface area contributed by atoms with E-state index in [1.165, 1.54) is 11.1 Å². The van der Waals surface area contributed by atoms with Gasteiger partial charge in [-0.3, -0.25) is 4.90 Å². The van der Waals surface area contributed by atoms with Gasteiger partial charge < -0.3 is 10.2 Å². The first-order chi connectivity index (χ1) is 10.8. The summed E-state index contributed by atoms with van der Waals surface area (Å²) in [6.07, 6.45) is 1.60. The molecule has 1 aliphatic carbocycles. The summed E-state index contributed by atoms with van der Waals surface area (Å²) in [5.74, 6) is 0. The Kier molecular flexibility index (Phi) is 4.88. The third kappa shape index (κ3) is 3.22. The van der Waals surface area contributed by atoms with Gasteiger partial charge in [-0.2, -0.15) is 0 Å². The van der Waals surface area contributed by atoms with Crippen LogP contribution in [0.1, 0.15) is 35.3 Å². The molecule has 0 heterocycles. The molecule has 0 aliphatic heterocycles. The lowest BCUT2D eigenvalue weighted by molar-refractivity contribution is 0.0725. The molecule has 0 bridgehead atoms. The van der Waals surface area contributed by atoms with Gasteiger partial charge in [0.15, 0.2) is 0 Å². The van der Waals surface area contributed by atoms with Crippen LogP contribution in [0.15, 0.2) is 54.6 Å². The van der Waals surface area contributed by atoms with Crippen molar-refractivity contribution < 1.29 is 10.2 Å². The fourth-order valence-electron chi connectivity index (χ4n) is 3.42. The minimum Gasteiger partial charge on any atom is -0.395 e. The monoisotopic (exact) mass is 297 g/mol. The molecule has 0 unspecified atom stereocenters. The summed E-state index contributed by atoms with van der Waals surface area (Å²) in [7, 11) is 0. The van der Waals surface area contributed by atoms with E-state index in [-0.39, 0.29) is 6.61 Å². The van der Waals surface area contributed by atoms with Crippen LogP contribution in [-0.2, 0) is 6.42 Å². The number of nitrogens with zero attached hydrogens (tertiary/aromatic N) is 1. The zero-order valence-corrected chi connectivity index (χ0v) is 12.7. The summed E-state index contributed by atoms with van der Waals surface area (Å²) in [5.41, 5.74) is 3.66. The summed E-state index contributed by atoms with van der Waals surface area (Å²) in [5, 5.41) is 19.9. The largest absolute Gasteiger partial charge is 0.395 e. The molecular weight excluding hydrogens is 274 g/mol. The van der Waals surface area contributed by atoms with Gasteiger partial charge in [-0.05, 0) is 29.5 Å². The molecule has 0 spiro atoms. The minimum absolute atomic E-state index is 0.111. The summed E-state index contributed by atoms with van der Waals surface area (Å²) in [6, 6.07) is 18.5. The first-order valence-electron chi connectivity index (χ1n) is 7.95. The lowest BCUT2D eigenvalue weighted by Crippen LogP contribution is -2.34. The van der Waals surface area contributed by atoms with Crippen molar-refractivity contribution in [3.63, 3.8) is 0 Å². The van der Waals surface area contributed by atoms with Crippen molar-refractivity contribution in [3.8, 4) is 0 Å². The second-order valence-corrected chi connectivity index (χ2v) is 5.90. The van der Waals surface area contributed by atoms with Crippen molar-refractivity contribution in [2.75, 3.05) is 19.7 Å². The van der Waals surface area contributed by atoms with Crippen molar-refractivity contribution in [2.24, 2.45) is 0 Å². The Bertz CT molecular complexity index is 599. The van der Waals surface area contributed by atoms with Crippen LogP contribution in [0.5, 0.6) is 0 Å². The zero-order chi connectivity index (χ0) is 15.4. The molecule has 116 valence electrons. The molecule has 2 N–H and O–H groups in total. The quantitative estimate of drug-likeness (QED) is 0.861. The van der Waals surface area contributed by atoms with E-state index in [1.54, 1.807) is 0 Å². The highest BCUT2D eigenvalue weighted by molar-refractivity contribution is 5.34. The van der Waals surface area contributed by atoms with E-state index in [4.69, 9.17) is 0 Å². The van der Waals surface area contributed by atoms with Gasteiger partial charge in [0.2, 0.25) is 0 Å². The van der Waals surface area contributed by atoms with E-state index >= 15 is 0 Å². The van der Waals surface area contributed by atoms with E-state index in [1.807, 2.05) is 30.3 Å². The summed E-state index contributed by atoms with van der Waals surface area (Å²) >= 11 is 0. The smallest absolute Gasteiger partial charge is 0.0917 e. The van der Waals surface area contributed by atoms with Gasteiger partial charge in [-0.25, -0.2) is 0 Å². The molecular formula is C19H23NO2. The Balaban J connectivity index is 1.76. The second kappa shape index (κ2) is 7.05. The van der Waals surface area contributed by atoms with Crippen LogP contribution in [0, 0.1) is 0 Å². The molecule has 2 atom stereocenters. The van der Waals surface area contributed by atoms with Crippen molar-refractivity contribution in [2.45, 2.75) is 25.0 Å². The maximum atomic E-state index is 10.5. The predicted molar refractivity (Wildman–Crippen MR) is 87.6 cm³/mol. The Morgan fingerprint density at radius 3 is 2.55 bits per heavy atom. The number of benzene rings is 2. The Morgan fingerprint density at radius 2 is 1.77 bits per heavy atom. The molecule has 0 saturated heterocycles. The third-order valence-corrected chi connectivity index (χ3v) is 4.52. The number of aliphatic hydroxyl groups excluding tert-OH is 2. The lowest BCUT2D eigenvalue weighted by Gasteiger charge is -2.31. The van der Waals surface area contributed by atoms with Crippen molar-refractivity contribution in [1.82, 2.24) is 4.90 Å². The summed E-state index contributed by atoms with van der Waals surface area (Å²) in [4.78, 5) is 2.21. The van der Waals surface area contributed by atoms with Crippen LogP contribution in [0.25, 0.3) is 0 Å². The molecule has 2 aromatic rings. The van der Waals surface area contributed by atoms with Gasteiger partial charge in [0.1, 0.15) is 0 Å². The van der Waals surface area contributed by atoms with E-state index in [9.17, 15) is 10.2 Å². The molecule has 0 amide bonds. The highest BCUT2D eigenvalue weighted by atomic mass is 16.3. The Labute approximate surface area is 131 Å². The average molecular weight is 297 g/mol. The van der Waals surface area contributed by atoms with Gasteiger partial charge >= 0.3 is 0 Å². The highest BCUT2D eigenvalue weighted by Crippen LogP contribution is 2.36. The molecule has 22 heavy (non-hydrogen) atoms. The van der Waals surface area contributed by atoms with Crippen LogP contribution in [0.2, 0.25) is 0 Å². The van der Waals surface area contributed by atoms with Crippen LogP contribution in [0.3, 0.4) is 0 Å². The normalized spacial score (nSPS) is 18.4. The molecule has 0 fully saturated rings. The van der Waals surface area contributed by atoms with E-state index in [0.29, 0.717) is 19.1 Å². The van der Waals surface area contributed by atoms with Gasteiger partial charge in [0.25, 0.3) is 0 Å². The fourth-order valence-corrected chi connectivity index (χ4v) is 3.42. The first kappa shape index (κ1) is 15.2. The topological polar surface area (TPSA) is 43.7 Å². The molecule has 0 radical (unpaired) electrons. The lowest BCUT2D eigenvalue weighted by atomic mass is 10.0. The van der Waals surface area contributed by atoms with E-state index in [0.717, 1.165) is 18.4 Å². The molecule has 1 aliphatic rings. The molecule has 3 nitrogen and oxygen atoms in total. The zero-order valence-electron chi connectivity index (χ0n) is 12.7. The van der Waals surface area contributed by atoms with E-state index < -0.39 is 6.10 Å². The minimum atomic E-state index is -0.527. The van der Waals surface area contributed by atoms with Gasteiger partial charge in [-0.15, -0.1) is 0 Å². The van der Waals surface area contributed by atoms with Crippen molar-refractivity contribution >= 4 is 0 Å². The van der Waals surface area contributed by atoms with Crippen LogP contribution in [0.4, 0.5) is 0 Å². The molecule has 0 saturated carbocycles. The van der Waals surface area contributed by atoms with Crippen LogP contribution >= 0.6 is 0 Å². The van der Waals surface area contributed by atoms with Crippen LogP contribution in [-0.4, -0.2) is 34.8 Å². The van der Waals surface area contributed by atoms with Gasteiger partial charge in [0.05, 0.1) is 12.7 Å². The summed E-state index contributed by atoms with van der Waals surface area (Å²) < 4.78 is 0. The number of fused-ring (bicyclic) bond motifs is 1. The standard InChI is InChI=1S/C19H23NO2/c21-13-12-20(14-19(22)16-7-2-1-3-8-16)18-11-10-15-6-4-5-9-17(15)18/h1-9,18-19,21-22H,10-14H2/t18-,19+/m1/s1. The SMILES string of the molecule is OCCN(C[C@H](O)c1ccccc1)[C@@H]1CCc2ccccc21. The fraction of sp³-hybridized carbons (Fsp3) is 0.368.